The minimum Gasteiger partial charge on any atom is -0.312 e. The van der Waals surface area contributed by atoms with Crippen LogP contribution in [0, 0.1) is 5.92 Å². The van der Waals surface area contributed by atoms with Gasteiger partial charge in [0.25, 0.3) is 0 Å². The Bertz CT molecular complexity index is 206. The summed E-state index contributed by atoms with van der Waals surface area (Å²) in [4.78, 5) is 0. The third-order valence-corrected chi connectivity index (χ3v) is 2.16. The van der Waals surface area contributed by atoms with E-state index in [1.54, 1.807) is 0 Å². The second-order valence-electron chi connectivity index (χ2n) is 3.63. The van der Waals surface area contributed by atoms with Gasteiger partial charge < -0.3 is 5.32 Å². The largest absolute Gasteiger partial charge is 0.312 e. The number of hydrogen-bond acceptors (Lipinski definition) is 2. The van der Waals surface area contributed by atoms with Crippen molar-refractivity contribution in [3.8, 4) is 0 Å². The summed E-state index contributed by atoms with van der Waals surface area (Å²) >= 11 is 0. The number of H-pyrrole nitrogens is 1. The van der Waals surface area contributed by atoms with Gasteiger partial charge in [-0.1, -0.05) is 20.3 Å². The van der Waals surface area contributed by atoms with Crippen molar-refractivity contribution in [2.75, 3.05) is 6.54 Å². The lowest BCUT2D eigenvalue weighted by molar-refractivity contribution is 0.476. The zero-order valence-electron chi connectivity index (χ0n) is 8.51. The highest BCUT2D eigenvalue weighted by Gasteiger charge is 1.99. The molecule has 1 unspecified atom stereocenters. The fourth-order valence-corrected chi connectivity index (χ4v) is 1.43. The Morgan fingerprint density at radius 3 is 3.08 bits per heavy atom. The topological polar surface area (TPSA) is 40.7 Å². The Kier molecular flexibility index (Phi) is 4.54. The molecule has 74 valence electrons. The molecule has 0 saturated heterocycles. The van der Waals surface area contributed by atoms with E-state index in [1.165, 1.54) is 18.4 Å². The molecule has 0 aromatic carbocycles. The fraction of sp³-hybridized carbons (Fsp3) is 0.700. The van der Waals surface area contributed by atoms with Crippen LogP contribution in [0.3, 0.4) is 0 Å². The smallest absolute Gasteiger partial charge is 0.0532 e. The monoisotopic (exact) mass is 181 g/mol. The molecule has 0 fully saturated rings. The van der Waals surface area contributed by atoms with Crippen LogP contribution in [0.25, 0.3) is 0 Å². The van der Waals surface area contributed by atoms with Crippen LogP contribution in [0.5, 0.6) is 0 Å². The molecular formula is C10H19N3. The number of hydrogen-bond donors (Lipinski definition) is 2. The second kappa shape index (κ2) is 5.75. The molecule has 0 bridgehead atoms. The standard InChI is InChI=1S/C10H19N3/c1-3-4-9(2)5-11-6-10-7-12-13-8-10/h7-9,11H,3-6H2,1-2H3,(H,12,13). The predicted octanol–water partition coefficient (Wildman–Crippen LogP) is 1.94. The molecule has 1 heterocycles. The van der Waals surface area contributed by atoms with E-state index in [0.29, 0.717) is 0 Å². The van der Waals surface area contributed by atoms with E-state index < -0.39 is 0 Å². The lowest BCUT2D eigenvalue weighted by Gasteiger charge is -2.10. The highest BCUT2D eigenvalue weighted by molar-refractivity contribution is 5.01. The normalized spacial score (nSPS) is 13.1. The van der Waals surface area contributed by atoms with Crippen molar-refractivity contribution in [2.45, 2.75) is 33.2 Å². The third-order valence-electron chi connectivity index (χ3n) is 2.16. The van der Waals surface area contributed by atoms with Gasteiger partial charge in [0.1, 0.15) is 0 Å². The van der Waals surface area contributed by atoms with Gasteiger partial charge in [0.2, 0.25) is 0 Å². The van der Waals surface area contributed by atoms with E-state index >= 15 is 0 Å². The molecule has 3 nitrogen and oxygen atoms in total. The summed E-state index contributed by atoms with van der Waals surface area (Å²) in [5.74, 6) is 0.775. The van der Waals surface area contributed by atoms with E-state index in [9.17, 15) is 0 Å². The van der Waals surface area contributed by atoms with Gasteiger partial charge in [-0.2, -0.15) is 5.10 Å². The summed E-state index contributed by atoms with van der Waals surface area (Å²) in [6, 6.07) is 0. The van der Waals surface area contributed by atoms with Gasteiger partial charge in [-0.3, -0.25) is 5.10 Å². The zero-order valence-corrected chi connectivity index (χ0v) is 8.51. The Morgan fingerprint density at radius 1 is 1.62 bits per heavy atom. The molecule has 0 amide bonds. The first-order valence-electron chi connectivity index (χ1n) is 5.01. The fourth-order valence-electron chi connectivity index (χ4n) is 1.43. The molecule has 0 aliphatic heterocycles. The number of aromatic amines is 1. The maximum atomic E-state index is 3.89. The summed E-state index contributed by atoms with van der Waals surface area (Å²) in [7, 11) is 0. The van der Waals surface area contributed by atoms with Gasteiger partial charge in [-0.15, -0.1) is 0 Å². The lowest BCUT2D eigenvalue weighted by Crippen LogP contribution is -2.20. The van der Waals surface area contributed by atoms with Crippen molar-refractivity contribution in [1.82, 2.24) is 15.5 Å². The maximum absolute atomic E-state index is 3.89. The highest BCUT2D eigenvalue weighted by atomic mass is 15.1. The van der Waals surface area contributed by atoms with Crippen molar-refractivity contribution in [3.63, 3.8) is 0 Å². The van der Waals surface area contributed by atoms with E-state index in [4.69, 9.17) is 0 Å². The molecule has 1 atom stereocenters. The Hall–Kier alpha value is -0.830. The van der Waals surface area contributed by atoms with Crippen LogP contribution in [0.2, 0.25) is 0 Å². The van der Waals surface area contributed by atoms with Gasteiger partial charge in [-0.25, -0.2) is 0 Å². The van der Waals surface area contributed by atoms with Crippen molar-refractivity contribution in [3.05, 3.63) is 18.0 Å². The summed E-state index contributed by atoms with van der Waals surface area (Å²) in [5, 5.41) is 10.1. The average molecular weight is 181 g/mol. The highest BCUT2D eigenvalue weighted by Crippen LogP contribution is 2.03. The van der Waals surface area contributed by atoms with Crippen LogP contribution in [0.4, 0.5) is 0 Å². The Balaban J connectivity index is 2.07. The van der Waals surface area contributed by atoms with Crippen LogP contribution in [0.15, 0.2) is 12.4 Å². The SMILES string of the molecule is CCCC(C)CNCc1cn[nH]c1. The van der Waals surface area contributed by atoms with E-state index in [0.717, 1.165) is 19.0 Å². The van der Waals surface area contributed by atoms with E-state index in [2.05, 4.69) is 29.4 Å². The van der Waals surface area contributed by atoms with Crippen molar-refractivity contribution in [2.24, 2.45) is 5.92 Å². The quantitative estimate of drug-likeness (QED) is 0.704. The molecule has 1 aromatic heterocycles. The van der Waals surface area contributed by atoms with Gasteiger partial charge in [0, 0.05) is 18.3 Å². The van der Waals surface area contributed by atoms with Crippen LogP contribution in [-0.4, -0.2) is 16.7 Å². The number of nitrogens with one attached hydrogen (secondary N) is 2. The van der Waals surface area contributed by atoms with Gasteiger partial charge in [0.15, 0.2) is 0 Å². The van der Waals surface area contributed by atoms with Gasteiger partial charge >= 0.3 is 0 Å². The first kappa shape index (κ1) is 10.3. The molecule has 1 aromatic rings. The van der Waals surface area contributed by atoms with E-state index in [1.807, 2.05) is 12.4 Å². The molecular weight excluding hydrogens is 162 g/mol. The second-order valence-corrected chi connectivity index (χ2v) is 3.63. The lowest BCUT2D eigenvalue weighted by atomic mass is 10.1. The van der Waals surface area contributed by atoms with Crippen LogP contribution < -0.4 is 5.32 Å². The number of rotatable bonds is 6. The molecule has 0 spiro atoms. The molecule has 0 saturated carbocycles. The van der Waals surface area contributed by atoms with Gasteiger partial charge in [0.05, 0.1) is 6.20 Å². The first-order chi connectivity index (χ1) is 6.33. The molecule has 0 aliphatic carbocycles. The van der Waals surface area contributed by atoms with Crippen LogP contribution >= 0.6 is 0 Å². The molecule has 2 N–H and O–H groups in total. The average Bonchev–Trinajstić information content (AvgIpc) is 2.57. The minimum absolute atomic E-state index is 0.775. The van der Waals surface area contributed by atoms with Crippen LogP contribution in [0.1, 0.15) is 32.3 Å². The zero-order chi connectivity index (χ0) is 9.52. The summed E-state index contributed by atoms with van der Waals surface area (Å²) in [5.41, 5.74) is 1.23. The summed E-state index contributed by atoms with van der Waals surface area (Å²) in [6.07, 6.45) is 6.36. The molecule has 0 radical (unpaired) electrons. The van der Waals surface area contributed by atoms with Crippen LogP contribution in [-0.2, 0) is 6.54 Å². The third kappa shape index (κ3) is 4.08. The van der Waals surface area contributed by atoms with Crippen molar-refractivity contribution < 1.29 is 0 Å². The number of aromatic nitrogens is 2. The number of nitrogens with zero attached hydrogens (tertiary/aromatic N) is 1. The summed E-state index contributed by atoms with van der Waals surface area (Å²) < 4.78 is 0. The van der Waals surface area contributed by atoms with E-state index in [-0.39, 0.29) is 0 Å². The van der Waals surface area contributed by atoms with Crippen molar-refractivity contribution in [1.29, 1.82) is 0 Å². The Labute approximate surface area is 79.9 Å². The molecule has 1 rings (SSSR count). The van der Waals surface area contributed by atoms with Gasteiger partial charge in [-0.05, 0) is 18.9 Å². The van der Waals surface area contributed by atoms with Crippen molar-refractivity contribution >= 4 is 0 Å². The molecule has 3 heteroatoms. The molecule has 0 aliphatic rings. The Morgan fingerprint density at radius 2 is 2.46 bits per heavy atom. The first-order valence-corrected chi connectivity index (χ1v) is 5.01. The minimum atomic E-state index is 0.775. The summed E-state index contributed by atoms with van der Waals surface area (Å²) in [6.45, 7) is 6.53. The maximum Gasteiger partial charge on any atom is 0.0532 e. The predicted molar refractivity (Wildman–Crippen MR) is 54.4 cm³/mol. The molecule has 13 heavy (non-hydrogen) atoms.